The third-order valence-corrected chi connectivity index (χ3v) is 4.24. The Morgan fingerprint density at radius 1 is 1.33 bits per heavy atom. The van der Waals surface area contributed by atoms with Crippen LogP contribution < -0.4 is 5.32 Å². The van der Waals surface area contributed by atoms with Crippen molar-refractivity contribution >= 4 is 0 Å². The molecule has 2 fully saturated rings. The van der Waals surface area contributed by atoms with Crippen LogP contribution in [0.5, 0.6) is 0 Å². The first kappa shape index (κ1) is 14.3. The fourth-order valence-corrected chi connectivity index (χ4v) is 3.03. The number of morpholine rings is 1. The van der Waals surface area contributed by atoms with Gasteiger partial charge in [-0.1, -0.05) is 19.8 Å². The first-order chi connectivity index (χ1) is 8.83. The molecule has 1 N–H and O–H groups in total. The lowest BCUT2D eigenvalue weighted by Crippen LogP contribution is -2.47. The van der Waals surface area contributed by atoms with E-state index in [1.165, 1.54) is 25.7 Å². The van der Waals surface area contributed by atoms with E-state index >= 15 is 0 Å². The molecule has 1 aliphatic carbocycles. The molecule has 3 unspecified atom stereocenters. The van der Waals surface area contributed by atoms with Gasteiger partial charge in [-0.25, -0.2) is 0 Å². The lowest BCUT2D eigenvalue weighted by molar-refractivity contribution is -0.0943. The molecule has 1 saturated carbocycles. The molecule has 0 spiro atoms. The Balaban J connectivity index is 1.72. The van der Waals surface area contributed by atoms with Gasteiger partial charge in [0.05, 0.1) is 25.4 Å². The highest BCUT2D eigenvalue weighted by Gasteiger charge is 2.26. The van der Waals surface area contributed by atoms with Crippen LogP contribution in [0.2, 0.25) is 0 Å². The Bertz CT molecular complexity index is 238. The maximum Gasteiger partial charge on any atom is 0.0935 e. The fourth-order valence-electron chi connectivity index (χ4n) is 3.03. The smallest absolute Gasteiger partial charge is 0.0935 e. The zero-order valence-electron chi connectivity index (χ0n) is 11.9. The van der Waals surface area contributed by atoms with E-state index in [1.807, 2.05) is 7.05 Å². The van der Waals surface area contributed by atoms with Crippen LogP contribution in [0.4, 0.5) is 0 Å². The number of nitrogens with one attached hydrogen (secondary N) is 1. The normalized spacial score (nSPS) is 34.7. The molecule has 1 saturated heterocycles. The van der Waals surface area contributed by atoms with Crippen LogP contribution in [0, 0.1) is 0 Å². The van der Waals surface area contributed by atoms with Crippen LogP contribution in [0.1, 0.15) is 32.6 Å². The monoisotopic (exact) mass is 256 g/mol. The number of nitrogens with zero attached hydrogens (tertiary/aromatic N) is 1. The van der Waals surface area contributed by atoms with Crippen molar-refractivity contribution in [1.29, 1.82) is 0 Å². The molecule has 3 atom stereocenters. The zero-order chi connectivity index (χ0) is 12.8. The van der Waals surface area contributed by atoms with Gasteiger partial charge in [0.25, 0.3) is 0 Å². The van der Waals surface area contributed by atoms with E-state index < -0.39 is 0 Å². The number of rotatable bonds is 5. The second-order valence-corrected chi connectivity index (χ2v) is 5.44. The summed E-state index contributed by atoms with van der Waals surface area (Å²) in [4.78, 5) is 2.44. The Labute approximate surface area is 111 Å². The zero-order valence-corrected chi connectivity index (χ0v) is 11.9. The van der Waals surface area contributed by atoms with Gasteiger partial charge in [0.15, 0.2) is 0 Å². The Morgan fingerprint density at radius 2 is 2.17 bits per heavy atom. The summed E-state index contributed by atoms with van der Waals surface area (Å²) in [6.45, 7) is 7.01. The minimum Gasteiger partial charge on any atom is -0.374 e. The lowest BCUT2D eigenvalue weighted by Gasteiger charge is -2.35. The van der Waals surface area contributed by atoms with Crippen LogP contribution in [0.15, 0.2) is 0 Å². The standard InChI is InChI=1S/C14H28N2O2/c1-3-16-8-9-17-12(10-16)11-18-14-7-5-4-6-13(14)15-2/h12-15H,3-11H2,1-2H3. The summed E-state index contributed by atoms with van der Waals surface area (Å²) in [5.74, 6) is 0. The number of ether oxygens (including phenoxy) is 2. The lowest BCUT2D eigenvalue weighted by atomic mass is 9.92. The average Bonchev–Trinajstić information content (AvgIpc) is 2.45. The quantitative estimate of drug-likeness (QED) is 0.803. The van der Waals surface area contributed by atoms with Crippen molar-refractivity contribution in [3.63, 3.8) is 0 Å². The molecule has 0 aromatic carbocycles. The van der Waals surface area contributed by atoms with Gasteiger partial charge < -0.3 is 14.8 Å². The molecule has 0 radical (unpaired) electrons. The van der Waals surface area contributed by atoms with Crippen molar-refractivity contribution in [2.75, 3.05) is 39.9 Å². The van der Waals surface area contributed by atoms with E-state index in [-0.39, 0.29) is 6.10 Å². The first-order valence-electron chi connectivity index (χ1n) is 7.46. The maximum atomic E-state index is 6.10. The summed E-state index contributed by atoms with van der Waals surface area (Å²) < 4.78 is 11.9. The van der Waals surface area contributed by atoms with E-state index in [9.17, 15) is 0 Å². The number of hydrogen-bond acceptors (Lipinski definition) is 4. The minimum atomic E-state index is 0.262. The van der Waals surface area contributed by atoms with Crippen molar-refractivity contribution in [2.45, 2.75) is 50.9 Å². The molecule has 18 heavy (non-hydrogen) atoms. The summed E-state index contributed by atoms with van der Waals surface area (Å²) >= 11 is 0. The average molecular weight is 256 g/mol. The Morgan fingerprint density at radius 3 is 2.94 bits per heavy atom. The van der Waals surface area contributed by atoms with Crippen LogP contribution in [0.25, 0.3) is 0 Å². The molecule has 106 valence electrons. The van der Waals surface area contributed by atoms with Crippen LogP contribution in [-0.4, -0.2) is 63.0 Å². The van der Waals surface area contributed by atoms with Crippen LogP contribution >= 0.6 is 0 Å². The van der Waals surface area contributed by atoms with Gasteiger partial charge in [-0.15, -0.1) is 0 Å². The molecular formula is C14H28N2O2. The van der Waals surface area contributed by atoms with Crippen LogP contribution in [0.3, 0.4) is 0 Å². The SMILES string of the molecule is CCN1CCOC(COC2CCCCC2NC)C1. The van der Waals surface area contributed by atoms with E-state index in [1.54, 1.807) is 0 Å². The molecular weight excluding hydrogens is 228 g/mol. The predicted molar refractivity (Wildman–Crippen MR) is 72.9 cm³/mol. The highest BCUT2D eigenvalue weighted by Crippen LogP contribution is 2.21. The van der Waals surface area contributed by atoms with Gasteiger partial charge in [-0.2, -0.15) is 0 Å². The molecule has 0 amide bonds. The maximum absolute atomic E-state index is 6.10. The second-order valence-electron chi connectivity index (χ2n) is 5.44. The summed E-state index contributed by atoms with van der Waals surface area (Å²) in [6.07, 6.45) is 5.70. The molecule has 1 aliphatic heterocycles. The minimum absolute atomic E-state index is 0.262. The molecule has 1 heterocycles. The topological polar surface area (TPSA) is 33.7 Å². The van der Waals surface area contributed by atoms with Crippen molar-refractivity contribution < 1.29 is 9.47 Å². The van der Waals surface area contributed by atoms with Gasteiger partial charge in [-0.3, -0.25) is 4.90 Å². The van der Waals surface area contributed by atoms with Gasteiger partial charge in [-0.05, 0) is 26.4 Å². The second kappa shape index (κ2) is 7.43. The van der Waals surface area contributed by atoms with Gasteiger partial charge in [0, 0.05) is 19.1 Å². The summed E-state index contributed by atoms with van der Waals surface area (Å²) in [5.41, 5.74) is 0. The van der Waals surface area contributed by atoms with Gasteiger partial charge in [0.2, 0.25) is 0 Å². The van der Waals surface area contributed by atoms with Crippen molar-refractivity contribution in [3.05, 3.63) is 0 Å². The predicted octanol–water partition coefficient (Wildman–Crippen LogP) is 1.25. The number of hydrogen-bond donors (Lipinski definition) is 1. The van der Waals surface area contributed by atoms with E-state index in [0.717, 1.165) is 32.8 Å². The van der Waals surface area contributed by atoms with E-state index in [0.29, 0.717) is 12.1 Å². The summed E-state index contributed by atoms with van der Waals surface area (Å²) in [7, 11) is 2.04. The first-order valence-corrected chi connectivity index (χ1v) is 7.46. The van der Waals surface area contributed by atoms with Gasteiger partial charge >= 0.3 is 0 Å². The summed E-state index contributed by atoms with van der Waals surface area (Å²) in [6, 6.07) is 0.532. The Kier molecular flexibility index (Phi) is 5.89. The Hall–Kier alpha value is -0.160. The van der Waals surface area contributed by atoms with Gasteiger partial charge in [0.1, 0.15) is 0 Å². The van der Waals surface area contributed by atoms with E-state index in [4.69, 9.17) is 9.47 Å². The molecule has 0 aromatic heterocycles. The highest BCUT2D eigenvalue weighted by atomic mass is 16.5. The largest absolute Gasteiger partial charge is 0.374 e. The molecule has 2 aliphatic rings. The fraction of sp³-hybridized carbons (Fsp3) is 1.00. The number of likely N-dealkylation sites (N-methyl/N-ethyl adjacent to an activating group) is 2. The third-order valence-electron chi connectivity index (χ3n) is 4.24. The highest BCUT2D eigenvalue weighted by molar-refractivity contribution is 4.81. The molecule has 2 rings (SSSR count). The molecule has 0 aromatic rings. The van der Waals surface area contributed by atoms with Crippen molar-refractivity contribution in [1.82, 2.24) is 10.2 Å². The van der Waals surface area contributed by atoms with E-state index in [2.05, 4.69) is 17.1 Å². The van der Waals surface area contributed by atoms with Crippen LogP contribution in [-0.2, 0) is 9.47 Å². The molecule has 4 heteroatoms. The van der Waals surface area contributed by atoms with Crippen molar-refractivity contribution in [3.8, 4) is 0 Å². The summed E-state index contributed by atoms with van der Waals surface area (Å²) in [5, 5.41) is 3.39. The third kappa shape index (κ3) is 3.92. The van der Waals surface area contributed by atoms with Crippen molar-refractivity contribution in [2.24, 2.45) is 0 Å². The molecule has 4 nitrogen and oxygen atoms in total. The molecule has 0 bridgehead atoms.